The summed E-state index contributed by atoms with van der Waals surface area (Å²) in [7, 11) is 0. The van der Waals surface area contributed by atoms with Crippen LogP contribution in [0.3, 0.4) is 0 Å². The molecular formula is C31H22Cl2F3N3O3S. The molecule has 0 heterocycles. The smallest absolute Gasteiger partial charge is 0.325 e. The third-order valence-electron chi connectivity index (χ3n) is 5.76. The lowest BCUT2D eigenvalue weighted by Crippen LogP contribution is -2.30. The molecular weight excluding hydrogens is 622 g/mol. The van der Waals surface area contributed by atoms with Crippen molar-refractivity contribution in [2.24, 2.45) is 0 Å². The van der Waals surface area contributed by atoms with Gasteiger partial charge in [-0.25, -0.2) is 0 Å². The molecule has 0 saturated heterocycles. The zero-order valence-corrected chi connectivity index (χ0v) is 24.4. The average molecular weight is 645 g/mol. The van der Waals surface area contributed by atoms with Crippen molar-refractivity contribution < 1.29 is 27.6 Å². The SMILES string of the molecule is O=C(CSc1cccc(NC(=O)/C(=C\c2ccccc2Cl)NC(=O)c2ccccc2)c1)Nc1ccc(Cl)cc1C(F)(F)F. The number of anilines is 2. The summed E-state index contributed by atoms with van der Waals surface area (Å²) in [4.78, 5) is 39.2. The maximum Gasteiger partial charge on any atom is 0.418 e. The van der Waals surface area contributed by atoms with Gasteiger partial charge in [0, 0.05) is 26.2 Å². The first-order chi connectivity index (χ1) is 20.5. The molecule has 12 heteroatoms. The van der Waals surface area contributed by atoms with Crippen molar-refractivity contribution in [3.63, 3.8) is 0 Å². The van der Waals surface area contributed by atoms with E-state index in [0.717, 1.165) is 23.9 Å². The zero-order valence-electron chi connectivity index (χ0n) is 22.0. The second-order valence-electron chi connectivity index (χ2n) is 8.91. The van der Waals surface area contributed by atoms with Gasteiger partial charge in [-0.3, -0.25) is 14.4 Å². The minimum atomic E-state index is -4.70. The molecule has 3 amide bonds. The molecule has 0 bridgehead atoms. The number of carbonyl (C=O) groups excluding carboxylic acids is 3. The van der Waals surface area contributed by atoms with Crippen LogP contribution in [0.15, 0.2) is 108 Å². The number of rotatable bonds is 9. The molecule has 0 spiro atoms. The molecule has 4 aromatic rings. The summed E-state index contributed by atoms with van der Waals surface area (Å²) in [5, 5.41) is 7.89. The summed E-state index contributed by atoms with van der Waals surface area (Å²) in [6.07, 6.45) is -3.25. The molecule has 0 atom stereocenters. The number of halogens is 5. The lowest BCUT2D eigenvalue weighted by atomic mass is 10.1. The van der Waals surface area contributed by atoms with Gasteiger partial charge >= 0.3 is 6.18 Å². The molecule has 0 unspecified atom stereocenters. The van der Waals surface area contributed by atoms with Crippen molar-refractivity contribution in [3.8, 4) is 0 Å². The van der Waals surface area contributed by atoms with Gasteiger partial charge < -0.3 is 16.0 Å². The molecule has 0 aliphatic rings. The third-order valence-corrected chi connectivity index (χ3v) is 7.33. The third kappa shape index (κ3) is 9.12. The maximum atomic E-state index is 13.3. The topological polar surface area (TPSA) is 87.3 Å². The largest absolute Gasteiger partial charge is 0.418 e. The van der Waals surface area contributed by atoms with Crippen molar-refractivity contribution in [1.82, 2.24) is 5.32 Å². The number of carbonyl (C=O) groups is 3. The minimum Gasteiger partial charge on any atom is -0.325 e. The molecule has 0 aliphatic carbocycles. The molecule has 0 aliphatic heterocycles. The van der Waals surface area contributed by atoms with Crippen LogP contribution in [-0.2, 0) is 15.8 Å². The lowest BCUT2D eigenvalue weighted by molar-refractivity contribution is -0.137. The van der Waals surface area contributed by atoms with E-state index in [1.54, 1.807) is 78.9 Å². The fourth-order valence-electron chi connectivity index (χ4n) is 3.75. The van der Waals surface area contributed by atoms with Crippen molar-refractivity contribution >= 4 is 70.1 Å². The first-order valence-corrected chi connectivity index (χ1v) is 14.3. The highest BCUT2D eigenvalue weighted by atomic mass is 35.5. The quantitative estimate of drug-likeness (QED) is 0.127. The molecule has 4 aromatic carbocycles. The summed E-state index contributed by atoms with van der Waals surface area (Å²) >= 11 is 13.0. The van der Waals surface area contributed by atoms with E-state index in [4.69, 9.17) is 23.2 Å². The summed E-state index contributed by atoms with van der Waals surface area (Å²) in [6.45, 7) is 0. The normalized spacial score (nSPS) is 11.5. The van der Waals surface area contributed by atoms with Crippen LogP contribution in [0.2, 0.25) is 10.0 Å². The fourth-order valence-corrected chi connectivity index (χ4v) is 4.86. The van der Waals surface area contributed by atoms with Gasteiger partial charge in [-0.2, -0.15) is 13.2 Å². The summed E-state index contributed by atoms with van der Waals surface area (Å²) in [5.74, 6) is -2.01. The standard InChI is InChI=1S/C31H22Cl2F3N3O3S/c32-21-13-14-26(24(16-21)31(34,35)36)38-28(40)18-43-23-11-6-10-22(17-23)37-30(42)27(15-20-9-4-5-12-25(20)33)39-29(41)19-7-2-1-3-8-19/h1-17H,18H2,(H,37,42)(H,38,40)(H,39,41)/b27-15+. The predicted octanol–water partition coefficient (Wildman–Crippen LogP) is 8.15. The van der Waals surface area contributed by atoms with Crippen LogP contribution in [0.4, 0.5) is 24.5 Å². The van der Waals surface area contributed by atoms with Gasteiger partial charge in [0.25, 0.3) is 11.8 Å². The molecule has 0 fully saturated rings. The van der Waals surface area contributed by atoms with Crippen LogP contribution in [0.5, 0.6) is 0 Å². The Kier molecular flexibility index (Phi) is 10.5. The van der Waals surface area contributed by atoms with E-state index in [9.17, 15) is 27.6 Å². The number of alkyl halides is 3. The molecule has 0 saturated carbocycles. The highest BCUT2D eigenvalue weighted by Gasteiger charge is 2.34. The monoisotopic (exact) mass is 643 g/mol. The van der Waals surface area contributed by atoms with Gasteiger partial charge in [0.15, 0.2) is 0 Å². The Hall–Kier alpha value is -4.25. The van der Waals surface area contributed by atoms with Crippen LogP contribution in [0, 0.1) is 0 Å². The Labute approximate surface area is 259 Å². The number of nitrogens with one attached hydrogen (secondary N) is 3. The number of thioether (sulfide) groups is 1. The second kappa shape index (κ2) is 14.3. The molecule has 220 valence electrons. The van der Waals surface area contributed by atoms with Crippen molar-refractivity contribution in [2.75, 3.05) is 16.4 Å². The Morgan fingerprint density at radius 2 is 1.53 bits per heavy atom. The Morgan fingerprint density at radius 1 is 0.814 bits per heavy atom. The van der Waals surface area contributed by atoms with E-state index >= 15 is 0 Å². The first-order valence-electron chi connectivity index (χ1n) is 12.5. The fraction of sp³-hybridized carbons (Fsp3) is 0.0645. The highest BCUT2D eigenvalue weighted by molar-refractivity contribution is 8.00. The predicted molar refractivity (Wildman–Crippen MR) is 164 cm³/mol. The van der Waals surface area contributed by atoms with Gasteiger partial charge in [0.05, 0.1) is 17.0 Å². The van der Waals surface area contributed by atoms with Gasteiger partial charge in [0.2, 0.25) is 5.91 Å². The van der Waals surface area contributed by atoms with E-state index in [2.05, 4.69) is 16.0 Å². The van der Waals surface area contributed by atoms with Crippen LogP contribution < -0.4 is 16.0 Å². The Morgan fingerprint density at radius 3 is 2.26 bits per heavy atom. The van der Waals surface area contributed by atoms with E-state index in [1.807, 2.05) is 0 Å². The van der Waals surface area contributed by atoms with Crippen molar-refractivity contribution in [3.05, 3.63) is 129 Å². The summed E-state index contributed by atoms with van der Waals surface area (Å²) in [6, 6.07) is 24.8. The van der Waals surface area contributed by atoms with Crippen LogP contribution in [0.1, 0.15) is 21.5 Å². The minimum absolute atomic E-state index is 0.0668. The number of hydrogen-bond acceptors (Lipinski definition) is 4. The van der Waals surface area contributed by atoms with E-state index < -0.39 is 35.1 Å². The molecule has 43 heavy (non-hydrogen) atoms. The van der Waals surface area contributed by atoms with Crippen LogP contribution in [0.25, 0.3) is 6.08 Å². The van der Waals surface area contributed by atoms with Crippen molar-refractivity contribution in [2.45, 2.75) is 11.1 Å². The van der Waals surface area contributed by atoms with Gasteiger partial charge in [0.1, 0.15) is 5.70 Å². The lowest BCUT2D eigenvalue weighted by Gasteiger charge is -2.14. The Bertz CT molecular complexity index is 1680. The average Bonchev–Trinajstić information content (AvgIpc) is 2.98. The van der Waals surface area contributed by atoms with Gasteiger partial charge in [-0.05, 0) is 66.2 Å². The number of amides is 3. The van der Waals surface area contributed by atoms with E-state index in [-0.39, 0.29) is 16.5 Å². The zero-order chi connectivity index (χ0) is 31.0. The number of benzene rings is 4. The van der Waals surface area contributed by atoms with Gasteiger partial charge in [-0.15, -0.1) is 11.8 Å². The van der Waals surface area contributed by atoms with E-state index in [1.165, 1.54) is 12.1 Å². The molecule has 0 radical (unpaired) electrons. The molecule has 3 N–H and O–H groups in total. The molecule has 4 rings (SSSR count). The summed E-state index contributed by atoms with van der Waals surface area (Å²) in [5.41, 5.74) is -0.318. The number of hydrogen-bond donors (Lipinski definition) is 3. The molecule has 6 nitrogen and oxygen atoms in total. The highest BCUT2D eigenvalue weighted by Crippen LogP contribution is 2.36. The maximum absolute atomic E-state index is 13.3. The Balaban J connectivity index is 1.46. The first kappa shape index (κ1) is 31.7. The summed E-state index contributed by atoms with van der Waals surface area (Å²) < 4.78 is 40.0. The molecule has 0 aromatic heterocycles. The van der Waals surface area contributed by atoms with Crippen LogP contribution >= 0.6 is 35.0 Å². The second-order valence-corrected chi connectivity index (χ2v) is 10.8. The van der Waals surface area contributed by atoms with Crippen molar-refractivity contribution in [1.29, 1.82) is 0 Å². The van der Waals surface area contributed by atoms with Gasteiger partial charge in [-0.1, -0.05) is 65.7 Å². The van der Waals surface area contributed by atoms with E-state index in [0.29, 0.717) is 26.7 Å². The van der Waals surface area contributed by atoms with Crippen LogP contribution in [-0.4, -0.2) is 23.5 Å².